The monoisotopic (exact) mass is 381 g/mol. The fourth-order valence-electron chi connectivity index (χ4n) is 2.70. The molecule has 2 aromatic heterocycles. The second kappa shape index (κ2) is 6.93. The van der Waals surface area contributed by atoms with Crippen molar-refractivity contribution in [2.24, 2.45) is 7.05 Å². The lowest BCUT2D eigenvalue weighted by Crippen LogP contribution is -2.19. The third kappa shape index (κ3) is 4.04. The van der Waals surface area contributed by atoms with Crippen molar-refractivity contribution in [3.63, 3.8) is 0 Å². The Balaban J connectivity index is 2.09. The van der Waals surface area contributed by atoms with Crippen LogP contribution in [0.4, 0.5) is 19.0 Å². The van der Waals surface area contributed by atoms with E-state index >= 15 is 0 Å². The van der Waals surface area contributed by atoms with Crippen molar-refractivity contribution in [2.45, 2.75) is 32.7 Å². The summed E-state index contributed by atoms with van der Waals surface area (Å²) in [7, 11) is 1.59. The van der Waals surface area contributed by atoms with Crippen LogP contribution in [0.25, 0.3) is 10.9 Å². The van der Waals surface area contributed by atoms with Gasteiger partial charge in [-0.3, -0.25) is 14.2 Å². The van der Waals surface area contributed by atoms with Gasteiger partial charge in [0.1, 0.15) is 18.0 Å². The maximum atomic E-state index is 12.9. The topological polar surface area (TPSA) is 74.0 Å². The van der Waals surface area contributed by atoms with Crippen molar-refractivity contribution in [1.29, 1.82) is 0 Å². The summed E-state index contributed by atoms with van der Waals surface area (Å²) in [4.78, 5) is 12.5. The first kappa shape index (κ1) is 18.7. The van der Waals surface area contributed by atoms with E-state index in [0.29, 0.717) is 11.1 Å². The predicted octanol–water partition coefficient (Wildman–Crippen LogP) is 3.37. The molecule has 0 radical (unpaired) electrons. The first-order valence-corrected chi connectivity index (χ1v) is 8.18. The van der Waals surface area contributed by atoms with Gasteiger partial charge in [0.15, 0.2) is 5.82 Å². The number of aromatic nitrogens is 4. The quantitative estimate of drug-likeness (QED) is 0.735. The van der Waals surface area contributed by atoms with Gasteiger partial charge in [0, 0.05) is 13.2 Å². The van der Waals surface area contributed by atoms with Crippen LogP contribution in [0.2, 0.25) is 0 Å². The lowest BCUT2D eigenvalue weighted by atomic mass is 10.2. The molecule has 3 rings (SSSR count). The molecule has 0 saturated carbocycles. The van der Waals surface area contributed by atoms with Gasteiger partial charge >= 0.3 is 6.18 Å². The molecule has 10 heteroatoms. The van der Waals surface area contributed by atoms with Gasteiger partial charge in [-0.2, -0.15) is 23.4 Å². The van der Waals surface area contributed by atoms with Crippen molar-refractivity contribution in [3.8, 4) is 5.75 Å². The summed E-state index contributed by atoms with van der Waals surface area (Å²) < 4.78 is 46.7. The molecule has 3 aromatic rings. The van der Waals surface area contributed by atoms with Crippen LogP contribution in [0.15, 0.2) is 30.5 Å². The van der Waals surface area contributed by atoms with Crippen LogP contribution in [0.5, 0.6) is 5.75 Å². The average Bonchev–Trinajstić information content (AvgIpc) is 3.10. The van der Waals surface area contributed by atoms with E-state index in [0.717, 1.165) is 4.68 Å². The highest BCUT2D eigenvalue weighted by atomic mass is 19.4. The molecule has 0 fully saturated rings. The molecule has 0 aliphatic heterocycles. The first-order chi connectivity index (χ1) is 12.7. The minimum atomic E-state index is -4.46. The van der Waals surface area contributed by atoms with Crippen LogP contribution in [0.1, 0.15) is 24.3 Å². The highest BCUT2D eigenvalue weighted by molar-refractivity contribution is 6.08. The maximum absolute atomic E-state index is 12.9. The lowest BCUT2D eigenvalue weighted by Gasteiger charge is -2.12. The molecule has 0 unspecified atom stereocenters. The van der Waals surface area contributed by atoms with Gasteiger partial charge in [0.25, 0.3) is 5.91 Å². The van der Waals surface area contributed by atoms with E-state index in [1.54, 1.807) is 33.0 Å². The zero-order chi connectivity index (χ0) is 19.8. The van der Waals surface area contributed by atoms with Gasteiger partial charge in [-0.05, 0) is 32.0 Å². The molecule has 0 spiro atoms. The Hall–Kier alpha value is -3.04. The van der Waals surface area contributed by atoms with Gasteiger partial charge in [0.2, 0.25) is 0 Å². The molecule has 1 N–H and O–H groups in total. The van der Waals surface area contributed by atoms with Crippen molar-refractivity contribution >= 4 is 22.6 Å². The molecule has 0 saturated heterocycles. The zero-order valence-electron chi connectivity index (χ0n) is 14.9. The summed E-state index contributed by atoms with van der Waals surface area (Å²) in [5.74, 6) is -0.194. The molecule has 0 atom stereocenters. The van der Waals surface area contributed by atoms with Crippen LogP contribution in [-0.2, 0) is 13.6 Å². The molecule has 0 aliphatic carbocycles. The van der Waals surface area contributed by atoms with Gasteiger partial charge in [-0.1, -0.05) is 6.07 Å². The van der Waals surface area contributed by atoms with Crippen LogP contribution in [-0.4, -0.2) is 37.7 Å². The number of amides is 1. The molecule has 1 aromatic carbocycles. The largest absolute Gasteiger partial charge is 0.490 e. The van der Waals surface area contributed by atoms with Gasteiger partial charge in [-0.15, -0.1) is 0 Å². The van der Waals surface area contributed by atoms with Crippen molar-refractivity contribution in [1.82, 2.24) is 19.6 Å². The minimum Gasteiger partial charge on any atom is -0.490 e. The molecule has 0 bridgehead atoms. The average molecular weight is 381 g/mol. The molecule has 7 nitrogen and oxygen atoms in total. The number of halogens is 3. The molecule has 1 amide bonds. The Morgan fingerprint density at radius 3 is 2.63 bits per heavy atom. The van der Waals surface area contributed by atoms with E-state index in [4.69, 9.17) is 4.74 Å². The van der Waals surface area contributed by atoms with Crippen LogP contribution < -0.4 is 10.1 Å². The number of carbonyl (C=O) groups excluding carboxylic acids is 1. The highest BCUT2D eigenvalue weighted by Crippen LogP contribution is 2.34. The normalized spacial score (nSPS) is 12.0. The summed E-state index contributed by atoms with van der Waals surface area (Å²) in [6.45, 7) is 2.32. The maximum Gasteiger partial charge on any atom is 0.408 e. The Kier molecular flexibility index (Phi) is 4.81. The van der Waals surface area contributed by atoms with Crippen molar-refractivity contribution < 1.29 is 22.7 Å². The number of ether oxygens (including phenoxy) is 1. The SMILES string of the molecule is CC(C)Oc1cccc2c1c(NC(=O)c1ccnn1C)nn2CC(F)(F)F. The third-order valence-electron chi connectivity index (χ3n) is 3.72. The Morgan fingerprint density at radius 1 is 1.30 bits per heavy atom. The standard InChI is InChI=1S/C17H18F3N5O2/c1-10(2)27-13-6-4-5-11-14(13)15(23-25(11)9-17(18,19)20)22-16(26)12-7-8-21-24(12)3/h4-8,10H,9H2,1-3H3,(H,22,23,26). The summed E-state index contributed by atoms with van der Waals surface area (Å²) >= 11 is 0. The third-order valence-corrected chi connectivity index (χ3v) is 3.72. The Morgan fingerprint density at radius 2 is 2.04 bits per heavy atom. The number of hydrogen-bond acceptors (Lipinski definition) is 4. The number of nitrogens with zero attached hydrogens (tertiary/aromatic N) is 4. The first-order valence-electron chi connectivity index (χ1n) is 8.18. The molecule has 2 heterocycles. The molecular weight excluding hydrogens is 363 g/mol. The highest BCUT2D eigenvalue weighted by Gasteiger charge is 2.31. The number of benzene rings is 1. The second-order valence-corrected chi connectivity index (χ2v) is 6.23. The van der Waals surface area contributed by atoms with E-state index in [2.05, 4.69) is 15.5 Å². The van der Waals surface area contributed by atoms with E-state index in [-0.39, 0.29) is 23.1 Å². The fraction of sp³-hybridized carbons (Fsp3) is 0.353. The number of alkyl halides is 3. The van der Waals surface area contributed by atoms with Crippen LogP contribution in [0, 0.1) is 0 Å². The molecule has 0 aliphatic rings. The molecule has 144 valence electrons. The molecular formula is C17H18F3N5O2. The smallest absolute Gasteiger partial charge is 0.408 e. The van der Waals surface area contributed by atoms with Crippen molar-refractivity contribution in [2.75, 3.05) is 5.32 Å². The molecule has 27 heavy (non-hydrogen) atoms. The number of nitrogens with one attached hydrogen (secondary N) is 1. The predicted molar refractivity (Wildman–Crippen MR) is 92.7 cm³/mol. The Labute approximate surface area is 152 Å². The van der Waals surface area contributed by atoms with E-state index in [1.165, 1.54) is 23.0 Å². The van der Waals surface area contributed by atoms with Crippen molar-refractivity contribution in [3.05, 3.63) is 36.2 Å². The van der Waals surface area contributed by atoms with E-state index in [9.17, 15) is 18.0 Å². The number of fused-ring (bicyclic) bond motifs is 1. The summed E-state index contributed by atoms with van der Waals surface area (Å²) in [6.07, 6.45) is -3.22. The second-order valence-electron chi connectivity index (χ2n) is 6.23. The van der Waals surface area contributed by atoms with Crippen LogP contribution >= 0.6 is 0 Å². The zero-order valence-corrected chi connectivity index (χ0v) is 14.9. The van der Waals surface area contributed by atoms with Gasteiger partial charge in [0.05, 0.1) is 17.0 Å². The van der Waals surface area contributed by atoms with E-state index < -0.39 is 18.6 Å². The number of anilines is 1. The number of rotatable bonds is 5. The number of hydrogen-bond donors (Lipinski definition) is 1. The van der Waals surface area contributed by atoms with Crippen LogP contribution in [0.3, 0.4) is 0 Å². The van der Waals surface area contributed by atoms with E-state index in [1.807, 2.05) is 0 Å². The fourth-order valence-corrected chi connectivity index (χ4v) is 2.70. The summed E-state index contributed by atoms with van der Waals surface area (Å²) in [5.41, 5.74) is 0.460. The summed E-state index contributed by atoms with van der Waals surface area (Å²) in [5, 5.41) is 10.8. The number of aryl methyl sites for hydroxylation is 1. The number of carbonyl (C=O) groups is 1. The minimum absolute atomic E-state index is 0.00306. The summed E-state index contributed by atoms with van der Waals surface area (Å²) in [6, 6.07) is 6.21. The van der Waals surface area contributed by atoms with Gasteiger partial charge < -0.3 is 10.1 Å². The lowest BCUT2D eigenvalue weighted by molar-refractivity contribution is -0.141. The van der Waals surface area contributed by atoms with Gasteiger partial charge in [-0.25, -0.2) is 0 Å². The Bertz CT molecular complexity index is 975.